The van der Waals surface area contributed by atoms with Crippen LogP contribution in [0.1, 0.15) is 0 Å². The molecule has 5 rings (SSSR count). The van der Waals surface area contributed by atoms with Crippen LogP contribution < -0.4 is 5.56 Å². The molecular formula is C18H10N2O2. The van der Waals surface area contributed by atoms with Crippen LogP contribution in [-0.2, 0) is 0 Å². The number of hydrogen-bond acceptors (Lipinski definition) is 3. The lowest BCUT2D eigenvalue weighted by atomic mass is 10.1. The molecule has 0 saturated carbocycles. The highest BCUT2D eigenvalue weighted by Crippen LogP contribution is 2.28. The van der Waals surface area contributed by atoms with Crippen molar-refractivity contribution in [3.63, 3.8) is 0 Å². The topological polar surface area (TPSA) is 47.5 Å². The molecule has 0 saturated heterocycles. The molecule has 4 heterocycles. The zero-order valence-electron chi connectivity index (χ0n) is 11.5. The summed E-state index contributed by atoms with van der Waals surface area (Å²) in [5.74, 6) is 0. The molecule has 4 heteroatoms. The van der Waals surface area contributed by atoms with Crippen molar-refractivity contribution in [2.75, 3.05) is 0 Å². The van der Waals surface area contributed by atoms with Gasteiger partial charge in [0.1, 0.15) is 6.26 Å². The van der Waals surface area contributed by atoms with Crippen molar-refractivity contribution in [3.05, 3.63) is 71.5 Å². The lowest BCUT2D eigenvalue weighted by molar-refractivity contribution is 0.557. The van der Waals surface area contributed by atoms with E-state index in [4.69, 9.17) is 9.40 Å². The Morgan fingerprint density at radius 3 is 2.86 bits per heavy atom. The Labute approximate surface area is 124 Å². The number of aromatic nitrogens is 2. The van der Waals surface area contributed by atoms with Gasteiger partial charge in [-0.3, -0.25) is 9.20 Å². The summed E-state index contributed by atoms with van der Waals surface area (Å²) in [6.07, 6.45) is 4.87. The van der Waals surface area contributed by atoms with Crippen molar-refractivity contribution in [2.45, 2.75) is 0 Å². The Bertz CT molecular complexity index is 1250. The highest BCUT2D eigenvalue weighted by atomic mass is 16.3. The van der Waals surface area contributed by atoms with E-state index < -0.39 is 0 Å². The van der Waals surface area contributed by atoms with E-state index in [1.165, 1.54) is 6.26 Å². The molecule has 1 aromatic carbocycles. The lowest BCUT2D eigenvalue weighted by Gasteiger charge is -2.04. The molecule has 0 radical (unpaired) electrons. The van der Waals surface area contributed by atoms with Gasteiger partial charge in [0.05, 0.1) is 28.2 Å². The van der Waals surface area contributed by atoms with Gasteiger partial charge in [0, 0.05) is 17.0 Å². The first-order valence-electron chi connectivity index (χ1n) is 7.02. The molecule has 22 heavy (non-hydrogen) atoms. The molecule has 4 aromatic heterocycles. The lowest BCUT2D eigenvalue weighted by Crippen LogP contribution is -2.13. The van der Waals surface area contributed by atoms with E-state index in [9.17, 15) is 4.79 Å². The van der Waals surface area contributed by atoms with Crippen LogP contribution in [0.4, 0.5) is 0 Å². The number of pyridine rings is 2. The third kappa shape index (κ3) is 1.36. The Morgan fingerprint density at radius 1 is 1.00 bits per heavy atom. The molecule has 0 atom stereocenters. The maximum absolute atomic E-state index is 12.6. The summed E-state index contributed by atoms with van der Waals surface area (Å²) >= 11 is 0. The summed E-state index contributed by atoms with van der Waals surface area (Å²) in [5, 5.41) is 3.59. The fraction of sp³-hybridized carbons (Fsp3) is 0. The van der Waals surface area contributed by atoms with Crippen LogP contribution in [0.15, 0.2) is 70.4 Å². The zero-order chi connectivity index (χ0) is 14.7. The molecule has 0 spiro atoms. The van der Waals surface area contributed by atoms with Crippen molar-refractivity contribution in [2.24, 2.45) is 0 Å². The average molecular weight is 286 g/mol. The van der Waals surface area contributed by atoms with Crippen LogP contribution in [0, 0.1) is 0 Å². The minimum atomic E-state index is -0.0918. The van der Waals surface area contributed by atoms with Gasteiger partial charge in [-0.2, -0.15) is 0 Å². The van der Waals surface area contributed by atoms with E-state index >= 15 is 0 Å². The molecule has 104 valence electrons. The van der Waals surface area contributed by atoms with E-state index in [0.717, 1.165) is 32.7 Å². The number of hydrogen-bond donors (Lipinski definition) is 0. The number of rotatable bonds is 0. The van der Waals surface area contributed by atoms with Crippen LogP contribution in [0.3, 0.4) is 0 Å². The minimum absolute atomic E-state index is 0.0918. The first-order chi connectivity index (χ1) is 10.8. The standard InChI is InChI=1S/C18H10N2O2/c21-18-14-10-22-8-6-11(14)9-16-17-13(5-7-20(16)18)12-3-1-2-4-15(12)19-17/h1-10H. The molecule has 5 aromatic rings. The second-order valence-electron chi connectivity index (χ2n) is 5.34. The van der Waals surface area contributed by atoms with Crippen LogP contribution in [0.5, 0.6) is 0 Å². The Hall–Kier alpha value is -3.14. The summed E-state index contributed by atoms with van der Waals surface area (Å²) in [6, 6.07) is 13.8. The van der Waals surface area contributed by atoms with Gasteiger partial charge in [-0.15, -0.1) is 0 Å². The third-order valence-corrected chi connectivity index (χ3v) is 4.14. The van der Waals surface area contributed by atoms with Crippen LogP contribution in [0.25, 0.3) is 38.1 Å². The van der Waals surface area contributed by atoms with Gasteiger partial charge in [-0.05, 0) is 29.7 Å². The first-order valence-corrected chi connectivity index (χ1v) is 7.02. The largest absolute Gasteiger partial charge is 0.472 e. The summed E-state index contributed by atoms with van der Waals surface area (Å²) < 4.78 is 6.76. The fourth-order valence-electron chi connectivity index (χ4n) is 3.08. The highest BCUT2D eigenvalue weighted by molar-refractivity contribution is 6.12. The first kappa shape index (κ1) is 11.5. The van der Waals surface area contributed by atoms with Crippen LogP contribution in [-0.4, -0.2) is 9.38 Å². The second kappa shape index (κ2) is 3.95. The van der Waals surface area contributed by atoms with Crippen LogP contribution >= 0.6 is 0 Å². The van der Waals surface area contributed by atoms with Gasteiger partial charge < -0.3 is 4.42 Å². The van der Waals surface area contributed by atoms with Gasteiger partial charge in [0.25, 0.3) is 5.56 Å². The van der Waals surface area contributed by atoms with Gasteiger partial charge in [-0.25, -0.2) is 4.98 Å². The van der Waals surface area contributed by atoms with Crippen molar-refractivity contribution < 1.29 is 4.42 Å². The third-order valence-electron chi connectivity index (χ3n) is 4.14. The van der Waals surface area contributed by atoms with Gasteiger partial charge in [0.15, 0.2) is 0 Å². The van der Waals surface area contributed by atoms with Crippen molar-refractivity contribution in [3.8, 4) is 0 Å². The SMILES string of the molecule is O=c1c2coccc2cc2c3nc4ccccc4c3ccn12. The van der Waals surface area contributed by atoms with E-state index in [1.54, 1.807) is 22.9 Å². The van der Waals surface area contributed by atoms with Crippen molar-refractivity contribution in [1.82, 2.24) is 9.38 Å². The van der Waals surface area contributed by atoms with E-state index in [0.29, 0.717) is 5.39 Å². The Balaban J connectivity index is 2.10. The van der Waals surface area contributed by atoms with E-state index in [1.807, 2.05) is 30.3 Å². The quantitative estimate of drug-likeness (QED) is 0.407. The molecule has 0 aliphatic heterocycles. The highest BCUT2D eigenvalue weighted by Gasteiger charge is 2.11. The monoisotopic (exact) mass is 286 g/mol. The number of fused-ring (bicyclic) bond motifs is 6. The predicted molar refractivity (Wildman–Crippen MR) is 86.2 cm³/mol. The molecule has 0 N–H and O–H groups in total. The summed E-state index contributed by atoms with van der Waals surface area (Å²) in [4.78, 5) is 17.3. The molecule has 0 bridgehead atoms. The van der Waals surface area contributed by atoms with Gasteiger partial charge in [-0.1, -0.05) is 18.2 Å². The second-order valence-corrected chi connectivity index (χ2v) is 5.34. The molecule has 4 nitrogen and oxygen atoms in total. The van der Waals surface area contributed by atoms with E-state index in [-0.39, 0.29) is 5.56 Å². The van der Waals surface area contributed by atoms with E-state index in [2.05, 4.69) is 6.07 Å². The molecule has 0 fully saturated rings. The minimum Gasteiger partial charge on any atom is -0.472 e. The molecule has 0 aliphatic carbocycles. The summed E-state index contributed by atoms with van der Waals surface area (Å²) in [6.45, 7) is 0. The van der Waals surface area contributed by atoms with Gasteiger partial charge >= 0.3 is 0 Å². The summed E-state index contributed by atoms with van der Waals surface area (Å²) in [5.41, 5.74) is 2.52. The van der Waals surface area contributed by atoms with Gasteiger partial charge in [0.2, 0.25) is 0 Å². The van der Waals surface area contributed by atoms with Crippen molar-refractivity contribution in [1.29, 1.82) is 0 Å². The van der Waals surface area contributed by atoms with Crippen molar-refractivity contribution >= 4 is 38.1 Å². The molecule has 0 unspecified atom stereocenters. The fourth-order valence-corrected chi connectivity index (χ4v) is 3.08. The van der Waals surface area contributed by atoms with Crippen LogP contribution in [0.2, 0.25) is 0 Å². The summed E-state index contributed by atoms with van der Waals surface area (Å²) in [7, 11) is 0. The number of para-hydroxylation sites is 1. The smallest absolute Gasteiger partial charge is 0.266 e. The zero-order valence-corrected chi connectivity index (χ0v) is 11.5. The molecule has 0 amide bonds. The number of benzene rings is 1. The maximum Gasteiger partial charge on any atom is 0.266 e. The Morgan fingerprint density at radius 2 is 1.91 bits per heavy atom. The maximum atomic E-state index is 12.6. The normalized spacial score (nSPS) is 11.8. The number of nitrogens with zero attached hydrogens (tertiary/aromatic N) is 2. The Kier molecular flexibility index (Phi) is 2.07. The molecular weight excluding hydrogens is 276 g/mol. The molecule has 0 aliphatic rings. The average Bonchev–Trinajstić information content (AvgIpc) is 2.94. The predicted octanol–water partition coefficient (Wildman–Crippen LogP) is 3.75.